The van der Waals surface area contributed by atoms with Gasteiger partial charge in [-0.2, -0.15) is 0 Å². The molecule has 1 aliphatic rings. The molecule has 3 nitrogen and oxygen atoms in total. The lowest BCUT2D eigenvalue weighted by molar-refractivity contribution is 0.956. The molecule has 0 bridgehead atoms. The van der Waals surface area contributed by atoms with E-state index in [1.165, 1.54) is 0 Å². The largest absolute Gasteiger partial charge is 0.302 e. The molecule has 0 fully saturated rings. The molecule has 0 atom stereocenters. The van der Waals surface area contributed by atoms with Gasteiger partial charge in [0.2, 0.25) is 0 Å². The molecular formula is C15H15N3. The standard InChI is InChI=1S/C15H15N3/c1-12-15(13-8-5-6-10-16-13)18-11-7-3-2-4-9-14(18)17-12/h2,4-8,10-11H,3,9H2,1H3/b4-2-,11-7?. The monoisotopic (exact) mass is 237 g/mol. The fourth-order valence-electron chi connectivity index (χ4n) is 2.25. The number of fused-ring (bicyclic) bond motifs is 1. The topological polar surface area (TPSA) is 30.7 Å². The minimum atomic E-state index is 0.873. The second-order valence-corrected chi connectivity index (χ2v) is 4.34. The van der Waals surface area contributed by atoms with Crippen LogP contribution in [-0.4, -0.2) is 14.5 Å². The van der Waals surface area contributed by atoms with Gasteiger partial charge in [0.25, 0.3) is 0 Å². The lowest BCUT2D eigenvalue weighted by Crippen LogP contribution is -1.99. The molecule has 2 aromatic rings. The fraction of sp³-hybridized carbons (Fsp3) is 0.200. The summed E-state index contributed by atoms with van der Waals surface area (Å²) in [6.45, 7) is 2.04. The molecule has 0 amide bonds. The van der Waals surface area contributed by atoms with Crippen LogP contribution in [0, 0.1) is 6.92 Å². The zero-order valence-corrected chi connectivity index (χ0v) is 10.4. The molecular weight excluding hydrogens is 222 g/mol. The van der Waals surface area contributed by atoms with Crippen LogP contribution < -0.4 is 0 Å². The van der Waals surface area contributed by atoms with Gasteiger partial charge in [-0.1, -0.05) is 24.3 Å². The van der Waals surface area contributed by atoms with Crippen molar-refractivity contribution in [1.82, 2.24) is 14.5 Å². The Labute approximate surface area is 107 Å². The summed E-state index contributed by atoms with van der Waals surface area (Å²) in [6, 6.07) is 5.97. The van der Waals surface area contributed by atoms with Crippen molar-refractivity contribution in [1.29, 1.82) is 0 Å². The van der Waals surface area contributed by atoms with E-state index in [4.69, 9.17) is 0 Å². The molecule has 3 rings (SSSR count). The van der Waals surface area contributed by atoms with Gasteiger partial charge in [0.05, 0.1) is 17.1 Å². The van der Waals surface area contributed by atoms with E-state index in [0.717, 1.165) is 35.7 Å². The van der Waals surface area contributed by atoms with Crippen molar-refractivity contribution >= 4 is 6.20 Å². The SMILES string of the molecule is Cc1nc2n(c1-c1ccccn1)C=CC/C=C\C2. The Hall–Kier alpha value is -2.16. The van der Waals surface area contributed by atoms with Crippen LogP contribution >= 0.6 is 0 Å². The van der Waals surface area contributed by atoms with Gasteiger partial charge in [-0.15, -0.1) is 0 Å². The maximum atomic E-state index is 4.65. The van der Waals surface area contributed by atoms with Gasteiger partial charge in [-0.25, -0.2) is 4.98 Å². The highest BCUT2D eigenvalue weighted by atomic mass is 15.1. The van der Waals surface area contributed by atoms with Gasteiger partial charge >= 0.3 is 0 Å². The summed E-state index contributed by atoms with van der Waals surface area (Å²) in [5.41, 5.74) is 3.10. The first-order valence-corrected chi connectivity index (χ1v) is 6.17. The molecule has 90 valence electrons. The van der Waals surface area contributed by atoms with Crippen molar-refractivity contribution in [2.75, 3.05) is 0 Å². The third-order valence-electron chi connectivity index (χ3n) is 3.06. The number of aromatic nitrogens is 3. The average Bonchev–Trinajstić information content (AvgIpc) is 2.66. The van der Waals surface area contributed by atoms with Crippen LogP contribution in [0.4, 0.5) is 0 Å². The molecule has 2 aromatic heterocycles. The highest BCUT2D eigenvalue weighted by Crippen LogP contribution is 2.24. The molecule has 0 aliphatic carbocycles. The highest BCUT2D eigenvalue weighted by Gasteiger charge is 2.14. The summed E-state index contributed by atoms with van der Waals surface area (Å²) < 4.78 is 2.15. The summed E-state index contributed by atoms with van der Waals surface area (Å²) in [5, 5.41) is 0. The van der Waals surface area contributed by atoms with Gasteiger partial charge in [0.15, 0.2) is 0 Å². The number of allylic oxidation sites excluding steroid dienone is 3. The van der Waals surface area contributed by atoms with Gasteiger partial charge in [0.1, 0.15) is 5.82 Å². The normalized spacial score (nSPS) is 15.8. The summed E-state index contributed by atoms with van der Waals surface area (Å²) in [5.74, 6) is 1.07. The van der Waals surface area contributed by atoms with Crippen molar-refractivity contribution in [2.24, 2.45) is 0 Å². The fourth-order valence-corrected chi connectivity index (χ4v) is 2.25. The number of rotatable bonds is 1. The van der Waals surface area contributed by atoms with Gasteiger partial charge in [-0.05, 0) is 25.5 Å². The Morgan fingerprint density at radius 1 is 1.17 bits per heavy atom. The molecule has 0 radical (unpaired) electrons. The number of hydrogen-bond donors (Lipinski definition) is 0. The van der Waals surface area contributed by atoms with E-state index in [1.54, 1.807) is 0 Å². The molecule has 0 saturated carbocycles. The third-order valence-corrected chi connectivity index (χ3v) is 3.06. The number of aryl methyl sites for hydroxylation is 1. The van der Waals surface area contributed by atoms with Crippen LogP contribution in [0.1, 0.15) is 17.9 Å². The minimum absolute atomic E-state index is 0.873. The zero-order valence-electron chi connectivity index (χ0n) is 10.4. The smallest absolute Gasteiger partial charge is 0.117 e. The molecule has 3 heteroatoms. The van der Waals surface area contributed by atoms with E-state index in [9.17, 15) is 0 Å². The van der Waals surface area contributed by atoms with Crippen molar-refractivity contribution in [3.8, 4) is 11.4 Å². The van der Waals surface area contributed by atoms with Crippen LogP contribution in [0.25, 0.3) is 17.6 Å². The maximum absolute atomic E-state index is 4.65. The third kappa shape index (κ3) is 1.88. The predicted molar refractivity (Wildman–Crippen MR) is 73.0 cm³/mol. The predicted octanol–water partition coefficient (Wildman–Crippen LogP) is 3.23. The molecule has 18 heavy (non-hydrogen) atoms. The first-order valence-electron chi connectivity index (χ1n) is 6.17. The van der Waals surface area contributed by atoms with E-state index in [-0.39, 0.29) is 0 Å². The van der Waals surface area contributed by atoms with Gasteiger partial charge < -0.3 is 4.57 Å². The second-order valence-electron chi connectivity index (χ2n) is 4.34. The molecule has 1 aliphatic heterocycles. The number of imidazole rings is 1. The van der Waals surface area contributed by atoms with Gasteiger partial charge in [0, 0.05) is 18.8 Å². The second kappa shape index (κ2) is 4.61. The zero-order chi connectivity index (χ0) is 12.4. The Morgan fingerprint density at radius 2 is 2.11 bits per heavy atom. The summed E-state index contributed by atoms with van der Waals surface area (Å²) in [6.07, 6.45) is 12.3. The first kappa shape index (κ1) is 11.0. The highest BCUT2D eigenvalue weighted by molar-refractivity contribution is 5.62. The molecule has 0 unspecified atom stereocenters. The summed E-state index contributed by atoms with van der Waals surface area (Å²) in [7, 11) is 0. The van der Waals surface area contributed by atoms with E-state index in [2.05, 4.69) is 39.0 Å². The molecule has 0 spiro atoms. The molecule has 0 aromatic carbocycles. The van der Waals surface area contributed by atoms with Crippen LogP contribution in [-0.2, 0) is 6.42 Å². The Morgan fingerprint density at radius 3 is 2.94 bits per heavy atom. The number of nitrogens with zero attached hydrogens (tertiary/aromatic N) is 3. The molecule has 0 saturated heterocycles. The van der Waals surface area contributed by atoms with E-state index in [1.807, 2.05) is 31.3 Å². The average molecular weight is 237 g/mol. The number of pyridine rings is 1. The summed E-state index contributed by atoms with van der Waals surface area (Å²) >= 11 is 0. The molecule has 3 heterocycles. The summed E-state index contributed by atoms with van der Waals surface area (Å²) in [4.78, 5) is 9.08. The van der Waals surface area contributed by atoms with Gasteiger partial charge in [-0.3, -0.25) is 4.98 Å². The Bertz CT molecular complexity index is 606. The lowest BCUT2D eigenvalue weighted by atomic mass is 10.2. The Kier molecular flexibility index (Phi) is 2.81. The van der Waals surface area contributed by atoms with Crippen LogP contribution in [0.5, 0.6) is 0 Å². The van der Waals surface area contributed by atoms with Crippen LogP contribution in [0.15, 0.2) is 42.6 Å². The van der Waals surface area contributed by atoms with Crippen molar-refractivity contribution in [3.05, 3.63) is 54.1 Å². The van der Waals surface area contributed by atoms with Crippen LogP contribution in [0.2, 0.25) is 0 Å². The Balaban J connectivity index is 2.19. The lowest BCUT2D eigenvalue weighted by Gasteiger charge is -2.07. The van der Waals surface area contributed by atoms with E-state index in [0.29, 0.717) is 0 Å². The molecule has 0 N–H and O–H groups in total. The van der Waals surface area contributed by atoms with Crippen LogP contribution in [0.3, 0.4) is 0 Å². The van der Waals surface area contributed by atoms with Crippen molar-refractivity contribution in [3.63, 3.8) is 0 Å². The van der Waals surface area contributed by atoms with Crippen molar-refractivity contribution < 1.29 is 0 Å². The minimum Gasteiger partial charge on any atom is -0.302 e. The quantitative estimate of drug-likeness (QED) is 0.713. The maximum Gasteiger partial charge on any atom is 0.117 e. The van der Waals surface area contributed by atoms with E-state index >= 15 is 0 Å². The first-order chi connectivity index (χ1) is 8.86. The van der Waals surface area contributed by atoms with Crippen molar-refractivity contribution in [2.45, 2.75) is 19.8 Å². The van der Waals surface area contributed by atoms with E-state index < -0.39 is 0 Å². The number of hydrogen-bond acceptors (Lipinski definition) is 2.